The van der Waals surface area contributed by atoms with Gasteiger partial charge in [-0.1, -0.05) is 0 Å². The highest BCUT2D eigenvalue weighted by Crippen LogP contribution is 2.46. The van der Waals surface area contributed by atoms with Gasteiger partial charge in [-0.05, 0) is 0 Å². The van der Waals surface area contributed by atoms with Gasteiger partial charge in [0.1, 0.15) is 6.07 Å². The summed E-state index contributed by atoms with van der Waals surface area (Å²) >= 11 is 0. The predicted molar refractivity (Wildman–Crippen MR) is 59.9 cm³/mol. The summed E-state index contributed by atoms with van der Waals surface area (Å²) in [5, 5.41) is 40.9. The van der Waals surface area contributed by atoms with E-state index in [1.807, 2.05) is 0 Å². The van der Waals surface area contributed by atoms with Crippen molar-refractivity contribution in [2.45, 2.75) is 0 Å². The third-order valence-corrected chi connectivity index (χ3v) is 2.15. The Morgan fingerprint density at radius 2 is 1.16 bits per heavy atom. The predicted octanol–water partition coefficient (Wildman–Crippen LogP) is 0.447. The first-order valence-corrected chi connectivity index (χ1v) is 4.32. The van der Waals surface area contributed by atoms with Gasteiger partial charge in [0.15, 0.2) is 11.4 Å². The Balaban J connectivity index is 4.07. The Labute approximate surface area is 103 Å². The average Bonchev–Trinajstić information content (AvgIpc) is 2.25. The van der Waals surface area contributed by atoms with Crippen LogP contribution in [0.5, 0.6) is 0 Å². The number of nitrogens with zero attached hydrogens (tertiary/aromatic N) is 4. The summed E-state index contributed by atoms with van der Waals surface area (Å²) in [5.41, 5.74) is 3.75. The first-order valence-electron chi connectivity index (χ1n) is 4.32. The van der Waals surface area contributed by atoms with E-state index < -0.39 is 48.8 Å². The van der Waals surface area contributed by atoms with Crippen LogP contribution < -0.4 is 11.5 Å². The van der Waals surface area contributed by atoms with Crippen molar-refractivity contribution in [3.63, 3.8) is 0 Å². The van der Waals surface area contributed by atoms with E-state index in [1.54, 1.807) is 0 Å². The Morgan fingerprint density at radius 1 is 0.842 bits per heavy atom. The second kappa shape index (κ2) is 4.41. The van der Waals surface area contributed by atoms with Gasteiger partial charge in [-0.15, -0.1) is 0 Å². The summed E-state index contributed by atoms with van der Waals surface area (Å²) in [6.07, 6.45) is 0. The first kappa shape index (κ1) is 13.6. The lowest BCUT2D eigenvalue weighted by Gasteiger charge is -2.05. The van der Waals surface area contributed by atoms with E-state index in [1.165, 1.54) is 6.07 Å². The first-order chi connectivity index (χ1) is 8.73. The van der Waals surface area contributed by atoms with Gasteiger partial charge in [0, 0.05) is 0 Å². The second-order valence-electron chi connectivity index (χ2n) is 3.13. The molecule has 0 radical (unpaired) electrons. The van der Waals surface area contributed by atoms with Gasteiger partial charge in [0.2, 0.25) is 5.56 Å². The molecular formula is C7H4N6O6. The SMILES string of the molecule is N#Cc1c([N+](=O)[O-])c(N)c([N+](=O)[O-])c(N)c1[N+](=O)[O-]. The third-order valence-electron chi connectivity index (χ3n) is 2.15. The van der Waals surface area contributed by atoms with Crippen LogP contribution in [0.25, 0.3) is 0 Å². The molecule has 0 saturated carbocycles. The van der Waals surface area contributed by atoms with Crippen molar-refractivity contribution in [2.24, 2.45) is 0 Å². The summed E-state index contributed by atoms with van der Waals surface area (Å²) in [5.74, 6) is 0. The van der Waals surface area contributed by atoms with Gasteiger partial charge < -0.3 is 11.5 Å². The van der Waals surface area contributed by atoms with Crippen LogP contribution in [-0.4, -0.2) is 14.8 Å². The molecule has 12 nitrogen and oxygen atoms in total. The van der Waals surface area contributed by atoms with E-state index in [-0.39, 0.29) is 0 Å². The summed E-state index contributed by atoms with van der Waals surface area (Å²) in [4.78, 5) is 28.6. The van der Waals surface area contributed by atoms with Crippen molar-refractivity contribution in [2.75, 3.05) is 11.5 Å². The molecule has 0 spiro atoms. The summed E-state index contributed by atoms with van der Waals surface area (Å²) in [6.45, 7) is 0. The molecule has 19 heavy (non-hydrogen) atoms. The summed E-state index contributed by atoms with van der Waals surface area (Å²) < 4.78 is 0. The number of hydrogen-bond donors (Lipinski definition) is 2. The van der Waals surface area contributed by atoms with Crippen LogP contribution in [0.1, 0.15) is 5.56 Å². The molecule has 0 atom stereocenters. The number of benzene rings is 1. The van der Waals surface area contributed by atoms with Crippen LogP contribution in [0.3, 0.4) is 0 Å². The zero-order valence-corrected chi connectivity index (χ0v) is 8.89. The fourth-order valence-corrected chi connectivity index (χ4v) is 1.43. The molecule has 1 aromatic carbocycles. The Bertz CT molecular complexity index is 620. The molecule has 0 heterocycles. The molecule has 0 unspecified atom stereocenters. The molecule has 12 heteroatoms. The maximum absolute atomic E-state index is 10.8. The summed E-state index contributed by atoms with van der Waals surface area (Å²) in [6, 6.07) is 1.21. The molecule has 0 bridgehead atoms. The number of hydrogen-bond acceptors (Lipinski definition) is 9. The standard InChI is InChI=1S/C7H4N6O6/c8-1-2-5(11(14)15)3(9)7(13(18)19)4(10)6(2)12(16)17/h9-10H2. The number of nitrogens with two attached hydrogens (primary N) is 2. The van der Waals surface area contributed by atoms with Gasteiger partial charge in [-0.3, -0.25) is 30.3 Å². The third kappa shape index (κ3) is 1.91. The molecule has 0 aliphatic carbocycles. The monoisotopic (exact) mass is 268 g/mol. The molecule has 98 valence electrons. The van der Waals surface area contributed by atoms with E-state index >= 15 is 0 Å². The van der Waals surface area contributed by atoms with Crippen molar-refractivity contribution in [1.82, 2.24) is 0 Å². The van der Waals surface area contributed by atoms with E-state index in [2.05, 4.69) is 0 Å². The average molecular weight is 268 g/mol. The van der Waals surface area contributed by atoms with Crippen LogP contribution >= 0.6 is 0 Å². The molecular weight excluding hydrogens is 264 g/mol. The molecule has 4 N–H and O–H groups in total. The van der Waals surface area contributed by atoms with Gasteiger partial charge in [-0.2, -0.15) is 5.26 Å². The van der Waals surface area contributed by atoms with Crippen LogP contribution in [-0.2, 0) is 0 Å². The van der Waals surface area contributed by atoms with Gasteiger partial charge >= 0.3 is 17.1 Å². The molecule has 0 amide bonds. The van der Waals surface area contributed by atoms with Crippen molar-refractivity contribution in [3.8, 4) is 6.07 Å². The van der Waals surface area contributed by atoms with Crippen LogP contribution in [0.15, 0.2) is 0 Å². The highest BCUT2D eigenvalue weighted by atomic mass is 16.6. The molecule has 0 saturated heterocycles. The smallest absolute Gasteiger partial charge is 0.329 e. The lowest BCUT2D eigenvalue weighted by Crippen LogP contribution is -2.10. The Kier molecular flexibility index (Phi) is 3.15. The normalized spacial score (nSPS) is 9.63. The fourth-order valence-electron chi connectivity index (χ4n) is 1.43. The van der Waals surface area contributed by atoms with E-state index in [9.17, 15) is 30.3 Å². The number of nitro benzene ring substituents is 3. The van der Waals surface area contributed by atoms with Crippen molar-refractivity contribution in [3.05, 3.63) is 35.9 Å². The summed E-state index contributed by atoms with van der Waals surface area (Å²) in [7, 11) is 0. The van der Waals surface area contributed by atoms with Crippen LogP contribution in [0.2, 0.25) is 0 Å². The molecule has 1 aromatic rings. The molecule has 1 rings (SSSR count). The lowest BCUT2D eigenvalue weighted by molar-refractivity contribution is -0.400. The minimum absolute atomic E-state index is 1.00. The van der Waals surface area contributed by atoms with Crippen molar-refractivity contribution < 1.29 is 14.8 Å². The maximum atomic E-state index is 10.8. The topological polar surface area (TPSA) is 205 Å². The van der Waals surface area contributed by atoms with E-state index in [4.69, 9.17) is 16.7 Å². The van der Waals surface area contributed by atoms with Gasteiger partial charge in [0.25, 0.3) is 0 Å². The Morgan fingerprint density at radius 3 is 1.37 bits per heavy atom. The second-order valence-corrected chi connectivity index (χ2v) is 3.13. The lowest BCUT2D eigenvalue weighted by atomic mass is 10.1. The molecule has 0 aromatic heterocycles. The molecule has 0 aliphatic rings. The molecule has 0 aliphatic heterocycles. The highest BCUT2D eigenvalue weighted by Gasteiger charge is 2.40. The molecule has 0 fully saturated rings. The number of anilines is 2. The number of nitro groups is 3. The number of nitriles is 1. The van der Waals surface area contributed by atoms with Crippen LogP contribution in [0.4, 0.5) is 28.4 Å². The van der Waals surface area contributed by atoms with Crippen LogP contribution in [0, 0.1) is 41.7 Å². The largest absolute Gasteiger partial charge is 0.387 e. The van der Waals surface area contributed by atoms with Crippen molar-refractivity contribution in [1.29, 1.82) is 5.26 Å². The fraction of sp³-hybridized carbons (Fsp3) is 0. The number of rotatable bonds is 3. The van der Waals surface area contributed by atoms with E-state index in [0.717, 1.165) is 0 Å². The number of nitrogen functional groups attached to an aromatic ring is 2. The quantitative estimate of drug-likeness (QED) is 0.442. The van der Waals surface area contributed by atoms with E-state index in [0.29, 0.717) is 0 Å². The zero-order chi connectivity index (χ0) is 14.9. The van der Waals surface area contributed by atoms with Gasteiger partial charge in [0.05, 0.1) is 14.8 Å². The Hall–Kier alpha value is -3.49. The highest BCUT2D eigenvalue weighted by molar-refractivity contribution is 5.92. The zero-order valence-electron chi connectivity index (χ0n) is 8.89. The minimum atomic E-state index is -1.21. The van der Waals surface area contributed by atoms with Crippen molar-refractivity contribution >= 4 is 28.4 Å². The van der Waals surface area contributed by atoms with Gasteiger partial charge in [-0.25, -0.2) is 0 Å². The maximum Gasteiger partial charge on any atom is 0.329 e. The minimum Gasteiger partial charge on any atom is -0.387 e.